The largest absolute Gasteiger partial charge is 0.341 e. The van der Waals surface area contributed by atoms with E-state index in [0.717, 1.165) is 44.6 Å². The normalized spacial score (nSPS) is 22.9. The Morgan fingerprint density at radius 3 is 2.63 bits per heavy atom. The lowest BCUT2D eigenvalue weighted by atomic mass is 9.68. The highest BCUT2D eigenvalue weighted by Crippen LogP contribution is 2.44. The number of hydrogen-bond donors (Lipinski definition) is 0. The Kier molecular flexibility index (Phi) is 5.04. The number of carbonyl (C=O) groups excluding carboxylic acids is 1. The number of benzene rings is 1. The average Bonchev–Trinajstić information content (AvgIpc) is 3.07. The van der Waals surface area contributed by atoms with Crippen LogP contribution in [-0.2, 0) is 11.3 Å². The molecule has 2 aliphatic rings. The molecule has 0 aliphatic carbocycles. The Balaban J connectivity index is 1.39. The molecule has 5 nitrogen and oxygen atoms in total. The van der Waals surface area contributed by atoms with E-state index in [0.29, 0.717) is 17.9 Å². The Labute approximate surface area is 162 Å². The van der Waals surface area contributed by atoms with Gasteiger partial charge in [-0.1, -0.05) is 30.3 Å². The summed E-state index contributed by atoms with van der Waals surface area (Å²) in [6.07, 6.45) is 7.18. The molecule has 1 unspecified atom stereocenters. The number of rotatable bonds is 3. The highest BCUT2D eigenvalue weighted by atomic mass is 16.2. The van der Waals surface area contributed by atoms with Crippen molar-refractivity contribution in [3.05, 3.63) is 53.9 Å². The molecule has 4 rings (SSSR count). The van der Waals surface area contributed by atoms with Gasteiger partial charge >= 0.3 is 0 Å². The summed E-state index contributed by atoms with van der Waals surface area (Å²) in [5, 5.41) is 4.25. The minimum atomic E-state index is 0.191. The van der Waals surface area contributed by atoms with Crippen LogP contribution in [0.25, 0.3) is 0 Å². The summed E-state index contributed by atoms with van der Waals surface area (Å²) >= 11 is 0. The number of aromatic nitrogens is 2. The monoisotopic (exact) mass is 366 g/mol. The molecule has 0 N–H and O–H groups in total. The van der Waals surface area contributed by atoms with E-state index in [9.17, 15) is 4.79 Å². The van der Waals surface area contributed by atoms with Crippen LogP contribution in [0, 0.1) is 12.3 Å². The van der Waals surface area contributed by atoms with Crippen molar-refractivity contribution in [3.8, 4) is 0 Å². The molecular formula is C22H30N4O. The van der Waals surface area contributed by atoms with Crippen LogP contribution in [0.3, 0.4) is 0 Å². The molecule has 2 aliphatic heterocycles. The smallest absolute Gasteiger partial charge is 0.244 e. The van der Waals surface area contributed by atoms with Gasteiger partial charge in [0.2, 0.25) is 5.91 Å². The van der Waals surface area contributed by atoms with Crippen LogP contribution in [0.4, 0.5) is 0 Å². The summed E-state index contributed by atoms with van der Waals surface area (Å²) in [5.74, 6) is 0.788. The molecule has 0 radical (unpaired) electrons. The number of amides is 1. The number of piperidine rings is 2. The van der Waals surface area contributed by atoms with Gasteiger partial charge in [-0.05, 0) is 55.7 Å². The molecule has 5 heteroatoms. The van der Waals surface area contributed by atoms with Gasteiger partial charge in [-0.25, -0.2) is 0 Å². The SMILES string of the molecule is Cc1cnn(CC(=O)N2CCC3(CC2)CC(c2ccccc2)CN(C)C3)c1. The van der Waals surface area contributed by atoms with E-state index >= 15 is 0 Å². The van der Waals surface area contributed by atoms with Crippen molar-refractivity contribution >= 4 is 5.91 Å². The summed E-state index contributed by atoms with van der Waals surface area (Å²) in [7, 11) is 2.24. The Morgan fingerprint density at radius 2 is 1.96 bits per heavy atom. The number of aryl methyl sites for hydroxylation is 1. The van der Waals surface area contributed by atoms with Gasteiger partial charge < -0.3 is 9.80 Å². The quantitative estimate of drug-likeness (QED) is 0.839. The fraction of sp³-hybridized carbons (Fsp3) is 0.545. The van der Waals surface area contributed by atoms with Crippen LogP contribution in [0.15, 0.2) is 42.7 Å². The average molecular weight is 367 g/mol. The van der Waals surface area contributed by atoms with E-state index in [-0.39, 0.29) is 5.91 Å². The molecule has 1 aromatic heterocycles. The van der Waals surface area contributed by atoms with Gasteiger partial charge in [0.15, 0.2) is 0 Å². The maximum absolute atomic E-state index is 12.7. The van der Waals surface area contributed by atoms with E-state index in [1.807, 2.05) is 18.0 Å². The van der Waals surface area contributed by atoms with E-state index < -0.39 is 0 Å². The first-order chi connectivity index (χ1) is 13.0. The van der Waals surface area contributed by atoms with Crippen molar-refractivity contribution < 1.29 is 4.79 Å². The minimum absolute atomic E-state index is 0.191. The van der Waals surface area contributed by atoms with Gasteiger partial charge in [-0.15, -0.1) is 0 Å². The molecular weight excluding hydrogens is 336 g/mol. The second-order valence-electron chi connectivity index (χ2n) is 8.60. The third kappa shape index (κ3) is 4.08. The van der Waals surface area contributed by atoms with Gasteiger partial charge in [0.1, 0.15) is 6.54 Å². The van der Waals surface area contributed by atoms with E-state index in [1.165, 1.54) is 12.0 Å². The Morgan fingerprint density at radius 1 is 1.22 bits per heavy atom. The van der Waals surface area contributed by atoms with Crippen LogP contribution in [0.1, 0.15) is 36.3 Å². The van der Waals surface area contributed by atoms with Crippen molar-refractivity contribution in [2.24, 2.45) is 5.41 Å². The summed E-state index contributed by atoms with van der Waals surface area (Å²) in [6, 6.07) is 10.9. The van der Waals surface area contributed by atoms with E-state index in [2.05, 4.69) is 47.4 Å². The van der Waals surface area contributed by atoms with Crippen molar-refractivity contribution in [2.75, 3.05) is 33.2 Å². The molecule has 2 saturated heterocycles. The first-order valence-electron chi connectivity index (χ1n) is 10.0. The second-order valence-corrected chi connectivity index (χ2v) is 8.60. The zero-order valence-electron chi connectivity index (χ0n) is 16.5. The van der Waals surface area contributed by atoms with Gasteiger partial charge in [-0.2, -0.15) is 5.10 Å². The molecule has 3 heterocycles. The first kappa shape index (κ1) is 18.2. The predicted octanol–water partition coefficient (Wildman–Crippen LogP) is 2.92. The molecule has 1 spiro atoms. The topological polar surface area (TPSA) is 41.4 Å². The molecule has 1 amide bonds. The van der Waals surface area contributed by atoms with Crippen LogP contribution in [-0.4, -0.2) is 58.7 Å². The zero-order valence-corrected chi connectivity index (χ0v) is 16.5. The third-order valence-corrected chi connectivity index (χ3v) is 6.32. The van der Waals surface area contributed by atoms with E-state index in [4.69, 9.17) is 0 Å². The summed E-state index contributed by atoms with van der Waals surface area (Å²) in [6.45, 7) is 6.38. The van der Waals surface area contributed by atoms with Crippen LogP contribution >= 0.6 is 0 Å². The van der Waals surface area contributed by atoms with Crippen molar-refractivity contribution in [1.29, 1.82) is 0 Å². The molecule has 2 fully saturated rings. The minimum Gasteiger partial charge on any atom is -0.341 e. The molecule has 2 aromatic rings. The van der Waals surface area contributed by atoms with Gasteiger partial charge in [0.25, 0.3) is 0 Å². The molecule has 144 valence electrons. The van der Waals surface area contributed by atoms with Gasteiger partial charge in [0, 0.05) is 32.4 Å². The Hall–Kier alpha value is -2.14. The van der Waals surface area contributed by atoms with Crippen LogP contribution in [0.5, 0.6) is 0 Å². The lowest BCUT2D eigenvalue weighted by Gasteiger charge is -2.49. The number of carbonyl (C=O) groups is 1. The number of likely N-dealkylation sites (N-methyl/N-ethyl adjacent to an activating group) is 1. The van der Waals surface area contributed by atoms with Crippen molar-refractivity contribution in [1.82, 2.24) is 19.6 Å². The standard InChI is InChI=1S/C22H30N4O/c1-18-13-23-26(14-18)16-21(27)25-10-8-22(9-11-25)12-20(15-24(2)17-22)19-6-4-3-5-7-19/h3-7,13-14,20H,8-12,15-17H2,1-2H3. The highest BCUT2D eigenvalue weighted by molar-refractivity contribution is 5.76. The maximum atomic E-state index is 12.7. The lowest BCUT2D eigenvalue weighted by Crippen LogP contribution is -2.52. The molecule has 27 heavy (non-hydrogen) atoms. The zero-order chi connectivity index (χ0) is 18.9. The van der Waals surface area contributed by atoms with Gasteiger partial charge in [0.05, 0.1) is 6.20 Å². The maximum Gasteiger partial charge on any atom is 0.244 e. The molecule has 0 bridgehead atoms. The van der Waals surface area contributed by atoms with Crippen LogP contribution < -0.4 is 0 Å². The number of hydrogen-bond acceptors (Lipinski definition) is 3. The fourth-order valence-corrected chi connectivity index (χ4v) is 5.00. The highest BCUT2D eigenvalue weighted by Gasteiger charge is 2.42. The van der Waals surface area contributed by atoms with Crippen LogP contribution in [0.2, 0.25) is 0 Å². The third-order valence-electron chi connectivity index (χ3n) is 6.32. The predicted molar refractivity (Wildman–Crippen MR) is 107 cm³/mol. The summed E-state index contributed by atoms with van der Waals surface area (Å²) in [4.78, 5) is 17.2. The number of likely N-dealkylation sites (tertiary alicyclic amines) is 2. The Bertz CT molecular complexity index is 777. The first-order valence-corrected chi connectivity index (χ1v) is 10.0. The molecule has 0 saturated carbocycles. The summed E-state index contributed by atoms with van der Waals surface area (Å²) in [5.41, 5.74) is 2.89. The fourth-order valence-electron chi connectivity index (χ4n) is 5.00. The molecule has 1 atom stereocenters. The summed E-state index contributed by atoms with van der Waals surface area (Å²) < 4.78 is 1.75. The van der Waals surface area contributed by atoms with E-state index in [1.54, 1.807) is 10.9 Å². The molecule has 1 aromatic carbocycles. The number of nitrogens with zero attached hydrogens (tertiary/aromatic N) is 4. The van der Waals surface area contributed by atoms with Gasteiger partial charge in [-0.3, -0.25) is 9.48 Å². The lowest BCUT2D eigenvalue weighted by molar-refractivity contribution is -0.135. The van der Waals surface area contributed by atoms with Crippen molar-refractivity contribution in [2.45, 2.75) is 38.6 Å². The second kappa shape index (κ2) is 7.47. The van der Waals surface area contributed by atoms with Crippen molar-refractivity contribution in [3.63, 3.8) is 0 Å².